The van der Waals surface area contributed by atoms with Crippen LogP contribution in [-0.4, -0.2) is 20.8 Å². The molecule has 1 saturated carbocycles. The van der Waals surface area contributed by atoms with E-state index in [4.69, 9.17) is 5.73 Å². The number of hydrogen-bond acceptors (Lipinski definition) is 3. The van der Waals surface area contributed by atoms with Crippen LogP contribution >= 0.6 is 0 Å². The van der Waals surface area contributed by atoms with Gasteiger partial charge in [-0.3, -0.25) is 0 Å². The summed E-state index contributed by atoms with van der Waals surface area (Å²) < 4.78 is 1.99. The van der Waals surface area contributed by atoms with Crippen LogP contribution in [0, 0.1) is 0 Å². The van der Waals surface area contributed by atoms with Crippen molar-refractivity contribution < 1.29 is 0 Å². The van der Waals surface area contributed by atoms with Gasteiger partial charge in [-0.25, -0.2) is 9.67 Å². The summed E-state index contributed by atoms with van der Waals surface area (Å²) in [5.41, 5.74) is 5.87. The van der Waals surface area contributed by atoms with Gasteiger partial charge >= 0.3 is 0 Å². The Kier molecular flexibility index (Phi) is 2.54. The quantitative estimate of drug-likeness (QED) is 0.775. The molecule has 0 bridgehead atoms. The predicted molar refractivity (Wildman–Crippen MR) is 55.0 cm³/mol. The van der Waals surface area contributed by atoms with Gasteiger partial charge in [-0.1, -0.05) is 13.8 Å². The average molecular weight is 194 g/mol. The first-order valence-corrected chi connectivity index (χ1v) is 5.33. The summed E-state index contributed by atoms with van der Waals surface area (Å²) >= 11 is 0. The van der Waals surface area contributed by atoms with Crippen molar-refractivity contribution in [3.63, 3.8) is 0 Å². The van der Waals surface area contributed by atoms with Crippen molar-refractivity contribution in [1.29, 1.82) is 0 Å². The lowest BCUT2D eigenvalue weighted by Gasteiger charge is -2.08. The molecule has 2 atom stereocenters. The Bertz CT molecular complexity index is 305. The molecule has 1 aromatic rings. The molecule has 1 aromatic heterocycles. The van der Waals surface area contributed by atoms with E-state index >= 15 is 0 Å². The van der Waals surface area contributed by atoms with Crippen LogP contribution in [0.15, 0.2) is 6.33 Å². The van der Waals surface area contributed by atoms with Crippen LogP contribution in [0.2, 0.25) is 0 Å². The van der Waals surface area contributed by atoms with Crippen LogP contribution in [0.1, 0.15) is 50.9 Å². The van der Waals surface area contributed by atoms with Crippen molar-refractivity contribution in [2.24, 2.45) is 5.73 Å². The van der Waals surface area contributed by atoms with E-state index in [0.29, 0.717) is 18.0 Å². The number of nitrogens with zero attached hydrogens (tertiary/aromatic N) is 3. The van der Waals surface area contributed by atoms with Crippen LogP contribution in [0.5, 0.6) is 0 Å². The molecule has 78 valence electrons. The lowest BCUT2D eigenvalue weighted by atomic mass is 10.2. The molecule has 4 nitrogen and oxygen atoms in total. The van der Waals surface area contributed by atoms with E-state index in [9.17, 15) is 0 Å². The van der Waals surface area contributed by atoms with Crippen LogP contribution in [0.25, 0.3) is 0 Å². The highest BCUT2D eigenvalue weighted by Gasteiger charge is 2.24. The first-order valence-electron chi connectivity index (χ1n) is 5.33. The third-order valence-electron chi connectivity index (χ3n) is 2.86. The highest BCUT2D eigenvalue weighted by molar-refractivity contribution is 4.91. The second-order valence-corrected chi connectivity index (χ2v) is 4.46. The Morgan fingerprint density at radius 2 is 2.29 bits per heavy atom. The number of aromatic nitrogens is 3. The normalized spacial score (nSPS) is 27.4. The molecule has 0 aliphatic heterocycles. The highest BCUT2D eigenvalue weighted by atomic mass is 15.3. The van der Waals surface area contributed by atoms with Gasteiger partial charge in [0.05, 0.1) is 6.04 Å². The molecular weight excluding hydrogens is 176 g/mol. The minimum atomic E-state index is 0.353. The summed E-state index contributed by atoms with van der Waals surface area (Å²) in [6.45, 7) is 4.22. The predicted octanol–water partition coefficient (Wildman–Crippen LogP) is 1.45. The van der Waals surface area contributed by atoms with Gasteiger partial charge in [0.1, 0.15) is 6.33 Å². The molecule has 4 heteroatoms. The second kappa shape index (κ2) is 3.69. The van der Waals surface area contributed by atoms with Crippen molar-refractivity contribution in [2.45, 2.75) is 51.1 Å². The van der Waals surface area contributed by atoms with E-state index in [0.717, 1.165) is 25.1 Å². The fourth-order valence-electron chi connectivity index (χ4n) is 1.96. The van der Waals surface area contributed by atoms with Crippen molar-refractivity contribution in [1.82, 2.24) is 14.8 Å². The maximum atomic E-state index is 5.87. The summed E-state index contributed by atoms with van der Waals surface area (Å²) in [5, 5.41) is 4.48. The minimum absolute atomic E-state index is 0.353. The summed E-state index contributed by atoms with van der Waals surface area (Å²) in [5.74, 6) is 1.34. The molecule has 0 aromatic carbocycles. The summed E-state index contributed by atoms with van der Waals surface area (Å²) in [6.07, 6.45) is 5.14. The Morgan fingerprint density at radius 1 is 1.50 bits per heavy atom. The maximum absolute atomic E-state index is 5.87. The van der Waals surface area contributed by atoms with Gasteiger partial charge in [0.15, 0.2) is 5.82 Å². The Balaban J connectivity index is 2.09. The molecule has 2 N–H and O–H groups in total. The molecule has 1 aliphatic rings. The van der Waals surface area contributed by atoms with Gasteiger partial charge in [-0.15, -0.1) is 0 Å². The zero-order valence-corrected chi connectivity index (χ0v) is 8.85. The van der Waals surface area contributed by atoms with Crippen LogP contribution < -0.4 is 5.73 Å². The van der Waals surface area contributed by atoms with E-state index in [1.807, 2.05) is 11.0 Å². The minimum Gasteiger partial charge on any atom is -0.328 e. The molecule has 1 aliphatic carbocycles. The molecule has 2 unspecified atom stereocenters. The van der Waals surface area contributed by atoms with Gasteiger partial charge in [0.25, 0.3) is 0 Å². The fourth-order valence-corrected chi connectivity index (χ4v) is 1.96. The van der Waals surface area contributed by atoms with E-state index in [1.165, 1.54) is 0 Å². The molecule has 0 saturated heterocycles. The number of nitrogens with two attached hydrogens (primary N) is 1. The van der Waals surface area contributed by atoms with Crippen molar-refractivity contribution in [3.05, 3.63) is 12.2 Å². The largest absolute Gasteiger partial charge is 0.328 e. The van der Waals surface area contributed by atoms with Crippen molar-refractivity contribution >= 4 is 0 Å². The lowest BCUT2D eigenvalue weighted by Crippen LogP contribution is -2.16. The van der Waals surface area contributed by atoms with Gasteiger partial charge in [0, 0.05) is 12.0 Å². The molecule has 2 rings (SSSR count). The SMILES string of the molecule is CC(C)c1ncn(C2CCC(N)C2)n1. The standard InChI is InChI=1S/C10H18N4/c1-7(2)10-12-6-14(13-10)9-4-3-8(11)5-9/h6-9H,3-5,11H2,1-2H3. The summed E-state index contributed by atoms with van der Waals surface area (Å²) in [7, 11) is 0. The number of hydrogen-bond donors (Lipinski definition) is 1. The van der Waals surface area contributed by atoms with Crippen LogP contribution in [0.3, 0.4) is 0 Å². The monoisotopic (exact) mass is 194 g/mol. The third kappa shape index (κ3) is 1.80. The van der Waals surface area contributed by atoms with Crippen molar-refractivity contribution in [2.75, 3.05) is 0 Å². The second-order valence-electron chi connectivity index (χ2n) is 4.46. The first-order chi connectivity index (χ1) is 6.66. The molecule has 0 amide bonds. The molecule has 0 radical (unpaired) electrons. The maximum Gasteiger partial charge on any atom is 0.153 e. The van der Waals surface area contributed by atoms with Crippen LogP contribution in [0.4, 0.5) is 0 Å². The van der Waals surface area contributed by atoms with Gasteiger partial charge in [-0.2, -0.15) is 5.10 Å². The third-order valence-corrected chi connectivity index (χ3v) is 2.86. The molecule has 0 spiro atoms. The van der Waals surface area contributed by atoms with E-state index < -0.39 is 0 Å². The molecular formula is C10H18N4. The Labute approximate surface area is 84.5 Å². The topological polar surface area (TPSA) is 56.7 Å². The Morgan fingerprint density at radius 3 is 2.79 bits per heavy atom. The zero-order chi connectivity index (χ0) is 10.1. The lowest BCUT2D eigenvalue weighted by molar-refractivity contribution is 0.454. The molecule has 14 heavy (non-hydrogen) atoms. The average Bonchev–Trinajstić information content (AvgIpc) is 2.70. The van der Waals surface area contributed by atoms with Gasteiger partial charge in [0.2, 0.25) is 0 Å². The molecule has 1 heterocycles. The fraction of sp³-hybridized carbons (Fsp3) is 0.800. The summed E-state index contributed by atoms with van der Waals surface area (Å²) in [6, 6.07) is 0.830. The summed E-state index contributed by atoms with van der Waals surface area (Å²) in [4.78, 5) is 4.30. The first kappa shape index (κ1) is 9.65. The van der Waals surface area contributed by atoms with E-state index in [-0.39, 0.29) is 0 Å². The highest BCUT2D eigenvalue weighted by Crippen LogP contribution is 2.28. The van der Waals surface area contributed by atoms with E-state index in [1.54, 1.807) is 0 Å². The smallest absolute Gasteiger partial charge is 0.153 e. The van der Waals surface area contributed by atoms with E-state index in [2.05, 4.69) is 23.9 Å². The zero-order valence-electron chi connectivity index (χ0n) is 8.85. The Hall–Kier alpha value is -0.900. The van der Waals surface area contributed by atoms with Crippen molar-refractivity contribution in [3.8, 4) is 0 Å². The van der Waals surface area contributed by atoms with Gasteiger partial charge < -0.3 is 5.73 Å². The molecule has 1 fully saturated rings. The van der Waals surface area contributed by atoms with Crippen LogP contribution in [-0.2, 0) is 0 Å². The number of rotatable bonds is 2. The van der Waals surface area contributed by atoms with Gasteiger partial charge in [-0.05, 0) is 19.3 Å².